The van der Waals surface area contributed by atoms with Crippen molar-refractivity contribution < 1.29 is 9.90 Å². The molecule has 0 heterocycles. The quantitative estimate of drug-likeness (QED) is 0.840. The normalized spacial score (nSPS) is 22.3. The predicted molar refractivity (Wildman–Crippen MR) is 77.2 cm³/mol. The lowest BCUT2D eigenvalue weighted by molar-refractivity contribution is -0.117. The summed E-state index contributed by atoms with van der Waals surface area (Å²) in [5.41, 5.74) is 0.784. The highest BCUT2D eigenvalue weighted by Gasteiger charge is 2.26. The molecule has 1 aliphatic rings. The van der Waals surface area contributed by atoms with E-state index in [2.05, 4.69) is 5.32 Å². The maximum absolute atomic E-state index is 11.6. The Bertz CT molecular complexity index is 476. The highest BCUT2D eigenvalue weighted by atomic mass is 35.5. The average Bonchev–Trinajstić information content (AvgIpc) is 2.29. The maximum atomic E-state index is 11.6. The maximum Gasteiger partial charge on any atom is 0.244 e. The summed E-state index contributed by atoms with van der Waals surface area (Å²) < 4.78 is 0. The number of benzene rings is 1. The summed E-state index contributed by atoms with van der Waals surface area (Å²) in [5.74, 6) is 0.241. The van der Waals surface area contributed by atoms with Crippen molar-refractivity contribution in [3.05, 3.63) is 39.9 Å². The molecular formula is C14H15Cl2NO2. The lowest BCUT2D eigenvalue weighted by atomic mass is 9.82. The van der Waals surface area contributed by atoms with Gasteiger partial charge in [-0.05, 0) is 48.6 Å². The summed E-state index contributed by atoms with van der Waals surface area (Å²) in [6, 6.07) is 5.11. The highest BCUT2D eigenvalue weighted by molar-refractivity contribution is 6.34. The van der Waals surface area contributed by atoms with Gasteiger partial charge in [0.2, 0.25) is 5.91 Å². The number of nitrogens with one attached hydrogen (secondary N) is 1. The van der Waals surface area contributed by atoms with E-state index < -0.39 is 0 Å². The van der Waals surface area contributed by atoms with E-state index in [4.69, 9.17) is 28.3 Å². The topological polar surface area (TPSA) is 49.3 Å². The zero-order valence-corrected chi connectivity index (χ0v) is 11.8. The number of amides is 1. The molecule has 0 aromatic heterocycles. The largest absolute Gasteiger partial charge is 0.393 e. The van der Waals surface area contributed by atoms with Gasteiger partial charge in [-0.25, -0.2) is 0 Å². The molecular weight excluding hydrogens is 285 g/mol. The summed E-state index contributed by atoms with van der Waals surface area (Å²) in [4.78, 5) is 11.6. The van der Waals surface area contributed by atoms with Crippen LogP contribution in [0.15, 0.2) is 24.3 Å². The third-order valence-electron chi connectivity index (χ3n) is 3.09. The molecule has 1 fully saturated rings. The first-order valence-corrected chi connectivity index (χ1v) is 6.88. The van der Waals surface area contributed by atoms with Gasteiger partial charge in [0.1, 0.15) is 0 Å². The van der Waals surface area contributed by atoms with Crippen LogP contribution in [0.4, 0.5) is 0 Å². The van der Waals surface area contributed by atoms with Crippen molar-refractivity contribution >= 4 is 35.2 Å². The molecule has 0 bridgehead atoms. The second-order valence-electron chi connectivity index (χ2n) is 4.77. The Labute approximate surface area is 122 Å². The van der Waals surface area contributed by atoms with Crippen molar-refractivity contribution in [2.24, 2.45) is 5.92 Å². The molecule has 1 amide bonds. The number of rotatable bonds is 4. The summed E-state index contributed by atoms with van der Waals surface area (Å²) in [7, 11) is 0. The first-order valence-electron chi connectivity index (χ1n) is 6.13. The van der Waals surface area contributed by atoms with Crippen molar-refractivity contribution in [1.29, 1.82) is 0 Å². The van der Waals surface area contributed by atoms with E-state index in [0.29, 0.717) is 22.5 Å². The molecule has 0 saturated heterocycles. The van der Waals surface area contributed by atoms with Crippen LogP contribution in [0, 0.1) is 5.92 Å². The van der Waals surface area contributed by atoms with Crippen molar-refractivity contribution in [3.8, 4) is 0 Å². The summed E-state index contributed by atoms with van der Waals surface area (Å²) in [5, 5.41) is 13.0. The van der Waals surface area contributed by atoms with Crippen LogP contribution >= 0.6 is 23.2 Å². The lowest BCUT2D eigenvalue weighted by Gasteiger charge is -2.31. The van der Waals surface area contributed by atoms with Crippen LogP contribution in [0.1, 0.15) is 18.4 Å². The predicted octanol–water partition coefficient (Wildman–Crippen LogP) is 2.89. The molecule has 1 aromatic carbocycles. The molecule has 1 saturated carbocycles. The van der Waals surface area contributed by atoms with Crippen LogP contribution < -0.4 is 5.32 Å². The minimum absolute atomic E-state index is 0.155. The second kappa shape index (κ2) is 6.42. The minimum atomic E-state index is -0.189. The SMILES string of the molecule is O=C(C=Cc1cc(Cl)cc(Cl)c1)NCC1CC(O)C1. The molecule has 1 aromatic rings. The van der Waals surface area contributed by atoms with Gasteiger partial charge < -0.3 is 10.4 Å². The van der Waals surface area contributed by atoms with Gasteiger partial charge in [-0.15, -0.1) is 0 Å². The van der Waals surface area contributed by atoms with Crippen molar-refractivity contribution in [3.63, 3.8) is 0 Å². The smallest absolute Gasteiger partial charge is 0.244 e. The van der Waals surface area contributed by atoms with E-state index in [9.17, 15) is 4.79 Å². The molecule has 1 aliphatic carbocycles. The number of carbonyl (C=O) groups excluding carboxylic acids is 1. The summed E-state index contributed by atoms with van der Waals surface area (Å²) in [6.45, 7) is 0.608. The lowest BCUT2D eigenvalue weighted by Crippen LogP contribution is -2.37. The van der Waals surface area contributed by atoms with E-state index in [1.165, 1.54) is 6.08 Å². The van der Waals surface area contributed by atoms with Gasteiger partial charge in [-0.3, -0.25) is 4.79 Å². The molecule has 0 atom stereocenters. The molecule has 19 heavy (non-hydrogen) atoms. The van der Waals surface area contributed by atoms with E-state index >= 15 is 0 Å². The van der Waals surface area contributed by atoms with Gasteiger partial charge in [0.05, 0.1) is 6.10 Å². The van der Waals surface area contributed by atoms with Crippen LogP contribution in [0.5, 0.6) is 0 Å². The van der Waals surface area contributed by atoms with Crippen LogP contribution in [0.2, 0.25) is 10.0 Å². The molecule has 102 valence electrons. The van der Waals surface area contributed by atoms with Crippen LogP contribution in [0.25, 0.3) is 6.08 Å². The Morgan fingerprint density at radius 2 is 1.95 bits per heavy atom. The minimum Gasteiger partial charge on any atom is -0.393 e. The zero-order chi connectivity index (χ0) is 13.8. The van der Waals surface area contributed by atoms with Gasteiger partial charge in [0.25, 0.3) is 0 Å². The molecule has 2 N–H and O–H groups in total. The van der Waals surface area contributed by atoms with E-state index in [0.717, 1.165) is 18.4 Å². The Morgan fingerprint density at radius 1 is 1.32 bits per heavy atom. The number of halogens is 2. The van der Waals surface area contributed by atoms with Crippen LogP contribution in [0.3, 0.4) is 0 Å². The van der Waals surface area contributed by atoms with Gasteiger partial charge in [0.15, 0.2) is 0 Å². The number of carbonyl (C=O) groups is 1. The van der Waals surface area contributed by atoms with Crippen molar-refractivity contribution in [2.45, 2.75) is 18.9 Å². The first kappa shape index (κ1) is 14.4. The van der Waals surface area contributed by atoms with Crippen molar-refractivity contribution in [1.82, 2.24) is 5.32 Å². The van der Waals surface area contributed by atoms with Crippen LogP contribution in [-0.2, 0) is 4.79 Å². The van der Waals surface area contributed by atoms with E-state index in [-0.39, 0.29) is 12.0 Å². The van der Waals surface area contributed by atoms with Crippen LogP contribution in [-0.4, -0.2) is 23.7 Å². The van der Waals surface area contributed by atoms with Gasteiger partial charge in [-0.1, -0.05) is 23.2 Å². The third-order valence-corrected chi connectivity index (χ3v) is 3.52. The molecule has 0 radical (unpaired) electrons. The fraction of sp³-hybridized carbons (Fsp3) is 0.357. The molecule has 2 rings (SSSR count). The van der Waals surface area contributed by atoms with Crippen molar-refractivity contribution in [2.75, 3.05) is 6.54 Å². The molecule has 5 heteroatoms. The first-order chi connectivity index (χ1) is 9.02. The molecule has 3 nitrogen and oxygen atoms in total. The summed E-state index contributed by atoms with van der Waals surface area (Å²) in [6.07, 6.45) is 4.48. The standard InChI is InChI=1S/C14H15Cl2NO2/c15-11-3-9(4-12(16)7-11)1-2-14(19)17-8-10-5-13(18)6-10/h1-4,7,10,13,18H,5-6,8H2,(H,17,19). The highest BCUT2D eigenvalue weighted by Crippen LogP contribution is 2.26. The fourth-order valence-electron chi connectivity index (χ4n) is 2.01. The Kier molecular flexibility index (Phi) is 4.86. The number of aliphatic hydroxyl groups excluding tert-OH is 1. The monoisotopic (exact) mass is 299 g/mol. The van der Waals surface area contributed by atoms with Gasteiger partial charge in [-0.2, -0.15) is 0 Å². The summed E-state index contributed by atoms with van der Waals surface area (Å²) >= 11 is 11.7. The second-order valence-corrected chi connectivity index (χ2v) is 5.65. The van der Waals surface area contributed by atoms with Gasteiger partial charge >= 0.3 is 0 Å². The Hall–Kier alpha value is -1.03. The molecule has 0 aliphatic heterocycles. The third kappa shape index (κ3) is 4.53. The average molecular weight is 300 g/mol. The van der Waals surface area contributed by atoms with E-state index in [1.54, 1.807) is 24.3 Å². The van der Waals surface area contributed by atoms with E-state index in [1.807, 2.05) is 0 Å². The fourth-order valence-corrected chi connectivity index (χ4v) is 2.56. The number of aliphatic hydroxyl groups is 1. The zero-order valence-electron chi connectivity index (χ0n) is 10.3. The molecule has 0 spiro atoms. The Balaban J connectivity index is 1.82. The van der Waals surface area contributed by atoms with Gasteiger partial charge in [0, 0.05) is 22.7 Å². The number of hydrogen-bond donors (Lipinski definition) is 2. The number of hydrogen-bond acceptors (Lipinski definition) is 2. The molecule has 0 unspecified atom stereocenters. The Morgan fingerprint density at radius 3 is 2.53 bits per heavy atom.